The van der Waals surface area contributed by atoms with Crippen LogP contribution < -0.4 is 10.1 Å². The molecule has 2 aromatic carbocycles. The van der Waals surface area contributed by atoms with E-state index in [1.807, 2.05) is 42.5 Å². The summed E-state index contributed by atoms with van der Waals surface area (Å²) in [4.78, 5) is 0. The van der Waals surface area contributed by atoms with Crippen molar-refractivity contribution in [2.24, 2.45) is 0 Å². The molecule has 0 unspecified atom stereocenters. The zero-order valence-corrected chi connectivity index (χ0v) is 13.3. The first kappa shape index (κ1) is 14.6. The van der Waals surface area contributed by atoms with Crippen LogP contribution in [0.15, 0.2) is 59.1 Å². The van der Waals surface area contributed by atoms with E-state index in [0.29, 0.717) is 6.61 Å². The molecule has 0 radical (unpaired) electrons. The Balaban J connectivity index is 1.87. The maximum atomic E-state index is 6.26. The van der Waals surface area contributed by atoms with E-state index in [4.69, 9.17) is 9.47 Å². The van der Waals surface area contributed by atoms with Crippen LogP contribution in [-0.2, 0) is 4.74 Å². The van der Waals surface area contributed by atoms with E-state index in [9.17, 15) is 0 Å². The summed E-state index contributed by atoms with van der Waals surface area (Å²) in [6.07, 6.45) is -0.119. The van der Waals surface area contributed by atoms with Crippen molar-refractivity contribution in [2.45, 2.75) is 12.2 Å². The minimum Gasteiger partial charge on any atom is -0.482 e. The van der Waals surface area contributed by atoms with Crippen LogP contribution in [0.2, 0.25) is 0 Å². The van der Waals surface area contributed by atoms with Gasteiger partial charge in [-0.3, -0.25) is 0 Å². The summed E-state index contributed by atoms with van der Waals surface area (Å²) in [6.45, 7) is 2.41. The molecule has 0 amide bonds. The second-order valence-corrected chi connectivity index (χ2v) is 5.85. The molecule has 0 saturated carbocycles. The molecule has 3 nitrogen and oxygen atoms in total. The van der Waals surface area contributed by atoms with Gasteiger partial charge in [-0.1, -0.05) is 42.5 Å². The summed E-state index contributed by atoms with van der Waals surface area (Å²) < 4.78 is 13.1. The summed E-state index contributed by atoms with van der Waals surface area (Å²) in [7, 11) is 0. The highest BCUT2D eigenvalue weighted by Gasteiger charge is 2.28. The summed E-state index contributed by atoms with van der Waals surface area (Å²) in [6, 6.07) is 18.1. The molecule has 0 aromatic heterocycles. The van der Waals surface area contributed by atoms with Gasteiger partial charge in [0.05, 0.1) is 11.1 Å². The highest BCUT2D eigenvalue weighted by Crippen LogP contribution is 2.31. The number of halogens is 1. The minimum atomic E-state index is -0.127. The van der Waals surface area contributed by atoms with Crippen molar-refractivity contribution >= 4 is 15.9 Å². The number of morpholine rings is 1. The van der Waals surface area contributed by atoms with Crippen molar-refractivity contribution in [3.05, 3.63) is 64.6 Å². The lowest BCUT2D eigenvalue weighted by Crippen LogP contribution is -2.43. The topological polar surface area (TPSA) is 30.5 Å². The average Bonchev–Trinajstić information content (AvgIpc) is 2.56. The SMILES string of the molecule is Brc1ccccc1O[C@H](c1ccccc1)[C@H]1CNCCO1. The number of ether oxygens (including phenoxy) is 2. The third-order valence-corrected chi connectivity index (χ3v) is 4.17. The highest BCUT2D eigenvalue weighted by atomic mass is 79.9. The first-order valence-electron chi connectivity index (χ1n) is 7.13. The van der Waals surface area contributed by atoms with Gasteiger partial charge in [-0.15, -0.1) is 0 Å². The predicted molar refractivity (Wildman–Crippen MR) is 86.6 cm³/mol. The molecule has 3 rings (SSSR count). The molecule has 4 heteroatoms. The quantitative estimate of drug-likeness (QED) is 0.917. The molecule has 21 heavy (non-hydrogen) atoms. The number of hydrogen-bond donors (Lipinski definition) is 1. The molecular formula is C17H18BrNO2. The van der Waals surface area contributed by atoms with Crippen LogP contribution in [0.1, 0.15) is 11.7 Å². The average molecular weight is 348 g/mol. The van der Waals surface area contributed by atoms with Gasteiger partial charge in [-0.25, -0.2) is 0 Å². The van der Waals surface area contributed by atoms with E-state index in [0.717, 1.165) is 28.9 Å². The smallest absolute Gasteiger partial charge is 0.151 e. The van der Waals surface area contributed by atoms with E-state index in [1.165, 1.54) is 0 Å². The molecule has 1 fully saturated rings. The minimum absolute atomic E-state index is 0.00764. The molecule has 2 atom stereocenters. The van der Waals surface area contributed by atoms with Crippen LogP contribution in [0, 0.1) is 0 Å². The van der Waals surface area contributed by atoms with E-state index in [-0.39, 0.29) is 12.2 Å². The van der Waals surface area contributed by atoms with Gasteiger partial charge >= 0.3 is 0 Å². The first-order chi connectivity index (χ1) is 10.3. The number of benzene rings is 2. The molecule has 0 bridgehead atoms. The highest BCUT2D eigenvalue weighted by molar-refractivity contribution is 9.10. The van der Waals surface area contributed by atoms with Gasteiger partial charge in [0.1, 0.15) is 11.9 Å². The Morgan fingerprint density at radius 1 is 1.10 bits per heavy atom. The number of hydrogen-bond acceptors (Lipinski definition) is 3. The molecule has 0 spiro atoms. The molecule has 1 N–H and O–H groups in total. The first-order valence-corrected chi connectivity index (χ1v) is 7.92. The standard InChI is InChI=1S/C17H18BrNO2/c18-14-8-4-5-9-15(14)21-17(13-6-2-1-3-7-13)16-12-19-10-11-20-16/h1-9,16-17,19H,10-12H2/t16-,17-/m1/s1. The van der Waals surface area contributed by atoms with Crippen molar-refractivity contribution in [3.63, 3.8) is 0 Å². The van der Waals surface area contributed by atoms with Gasteiger partial charge < -0.3 is 14.8 Å². The third-order valence-electron chi connectivity index (χ3n) is 3.51. The normalized spacial score (nSPS) is 20.0. The van der Waals surface area contributed by atoms with Crippen LogP contribution in [-0.4, -0.2) is 25.8 Å². The van der Waals surface area contributed by atoms with Gasteiger partial charge in [0.25, 0.3) is 0 Å². The summed E-state index contributed by atoms with van der Waals surface area (Å²) in [5.74, 6) is 0.834. The van der Waals surface area contributed by atoms with Gasteiger partial charge in [-0.2, -0.15) is 0 Å². The second kappa shape index (κ2) is 7.07. The molecule has 0 aliphatic carbocycles. The van der Waals surface area contributed by atoms with Crippen molar-refractivity contribution in [2.75, 3.05) is 19.7 Å². The van der Waals surface area contributed by atoms with Gasteiger partial charge in [0.2, 0.25) is 0 Å². The molecule has 1 heterocycles. The van der Waals surface area contributed by atoms with Gasteiger partial charge in [0.15, 0.2) is 6.10 Å². The molecule has 1 saturated heterocycles. The Morgan fingerprint density at radius 3 is 2.57 bits per heavy atom. The van der Waals surface area contributed by atoms with E-state index < -0.39 is 0 Å². The Kier molecular flexibility index (Phi) is 4.91. The number of para-hydroxylation sites is 1. The largest absolute Gasteiger partial charge is 0.482 e. The van der Waals surface area contributed by atoms with Crippen LogP contribution >= 0.6 is 15.9 Å². The predicted octanol–water partition coefficient (Wildman–Crippen LogP) is 3.56. The Hall–Kier alpha value is -1.36. The molecule has 1 aliphatic rings. The Morgan fingerprint density at radius 2 is 1.86 bits per heavy atom. The molecule has 2 aromatic rings. The maximum absolute atomic E-state index is 6.26. The van der Waals surface area contributed by atoms with Crippen LogP contribution in [0.4, 0.5) is 0 Å². The number of nitrogens with one attached hydrogen (secondary N) is 1. The summed E-state index contributed by atoms with van der Waals surface area (Å²) in [5, 5.41) is 3.37. The van der Waals surface area contributed by atoms with Crippen molar-refractivity contribution in [3.8, 4) is 5.75 Å². The second-order valence-electron chi connectivity index (χ2n) is 4.99. The fourth-order valence-electron chi connectivity index (χ4n) is 2.46. The monoisotopic (exact) mass is 347 g/mol. The van der Waals surface area contributed by atoms with Crippen molar-refractivity contribution in [1.82, 2.24) is 5.32 Å². The van der Waals surface area contributed by atoms with E-state index >= 15 is 0 Å². The van der Waals surface area contributed by atoms with Gasteiger partial charge in [-0.05, 0) is 33.6 Å². The lowest BCUT2D eigenvalue weighted by Gasteiger charge is -2.31. The van der Waals surface area contributed by atoms with Crippen molar-refractivity contribution < 1.29 is 9.47 Å². The van der Waals surface area contributed by atoms with Gasteiger partial charge in [0, 0.05) is 13.1 Å². The Labute approximate surface area is 133 Å². The summed E-state index contributed by atoms with van der Waals surface area (Å²) in [5.41, 5.74) is 1.13. The molecular weight excluding hydrogens is 330 g/mol. The van der Waals surface area contributed by atoms with E-state index in [1.54, 1.807) is 0 Å². The van der Waals surface area contributed by atoms with E-state index in [2.05, 4.69) is 33.4 Å². The lowest BCUT2D eigenvalue weighted by atomic mass is 10.0. The number of rotatable bonds is 4. The summed E-state index contributed by atoms with van der Waals surface area (Å²) >= 11 is 3.54. The zero-order valence-electron chi connectivity index (χ0n) is 11.7. The fraction of sp³-hybridized carbons (Fsp3) is 0.294. The Bertz CT molecular complexity index is 570. The molecule has 1 aliphatic heterocycles. The maximum Gasteiger partial charge on any atom is 0.151 e. The van der Waals surface area contributed by atoms with Crippen LogP contribution in [0.3, 0.4) is 0 Å². The molecule has 110 valence electrons. The third kappa shape index (κ3) is 3.64. The lowest BCUT2D eigenvalue weighted by molar-refractivity contribution is -0.0434. The van der Waals surface area contributed by atoms with Crippen LogP contribution in [0.5, 0.6) is 5.75 Å². The van der Waals surface area contributed by atoms with Crippen LogP contribution in [0.25, 0.3) is 0 Å². The fourth-order valence-corrected chi connectivity index (χ4v) is 2.84. The zero-order chi connectivity index (χ0) is 14.5. The van der Waals surface area contributed by atoms with Crippen molar-refractivity contribution in [1.29, 1.82) is 0 Å².